The average Bonchev–Trinajstić information content (AvgIpc) is 2.42. The lowest BCUT2D eigenvalue weighted by Crippen LogP contribution is -2.25. The van der Waals surface area contributed by atoms with Gasteiger partial charge in [0, 0.05) is 11.1 Å². The summed E-state index contributed by atoms with van der Waals surface area (Å²) >= 11 is 0. The molecule has 3 heteroatoms. The molecule has 0 spiro atoms. The van der Waals surface area contributed by atoms with Crippen molar-refractivity contribution in [2.75, 3.05) is 0 Å². The van der Waals surface area contributed by atoms with Crippen LogP contribution in [-0.4, -0.2) is 17.9 Å². The third kappa shape index (κ3) is 4.55. The van der Waals surface area contributed by atoms with Crippen molar-refractivity contribution in [1.29, 1.82) is 0 Å². The number of carbonyl (C=O) groups is 2. The van der Waals surface area contributed by atoms with Gasteiger partial charge in [0.1, 0.15) is 5.60 Å². The Morgan fingerprint density at radius 2 is 1.76 bits per heavy atom. The van der Waals surface area contributed by atoms with E-state index < -0.39 is 5.60 Å². The van der Waals surface area contributed by atoms with Gasteiger partial charge in [0.15, 0.2) is 6.29 Å². The van der Waals surface area contributed by atoms with Gasteiger partial charge in [0.25, 0.3) is 0 Å². The van der Waals surface area contributed by atoms with Crippen LogP contribution < -0.4 is 0 Å². The second-order valence-corrected chi connectivity index (χ2v) is 5.87. The molecule has 114 valence electrons. The second-order valence-electron chi connectivity index (χ2n) is 5.87. The van der Waals surface area contributed by atoms with E-state index >= 15 is 0 Å². The Kier molecular flexibility index (Phi) is 5.89. The van der Waals surface area contributed by atoms with E-state index in [1.807, 2.05) is 52.8 Å². The molecule has 1 aromatic carbocycles. The highest BCUT2D eigenvalue weighted by molar-refractivity contribution is 6.00. The van der Waals surface area contributed by atoms with Crippen LogP contribution in [0.5, 0.6) is 0 Å². The van der Waals surface area contributed by atoms with Crippen molar-refractivity contribution in [3.63, 3.8) is 0 Å². The molecule has 0 unspecified atom stereocenters. The maximum absolute atomic E-state index is 12.4. The fourth-order valence-corrected chi connectivity index (χ4v) is 2.26. The number of hydrogen-bond acceptors (Lipinski definition) is 3. The summed E-state index contributed by atoms with van der Waals surface area (Å²) in [6.07, 6.45) is 2.08. The predicted molar refractivity (Wildman–Crippen MR) is 85.2 cm³/mol. The van der Waals surface area contributed by atoms with E-state index in [0.29, 0.717) is 24.0 Å². The number of ether oxygens (including phenoxy) is 1. The van der Waals surface area contributed by atoms with Gasteiger partial charge in [-0.3, -0.25) is 4.79 Å². The Morgan fingerprint density at radius 1 is 1.14 bits per heavy atom. The van der Waals surface area contributed by atoms with Crippen molar-refractivity contribution in [3.05, 3.63) is 41.0 Å². The molecule has 0 fully saturated rings. The summed E-state index contributed by atoms with van der Waals surface area (Å²) < 4.78 is 5.48. The lowest BCUT2D eigenvalue weighted by molar-refractivity contribution is -0.149. The highest BCUT2D eigenvalue weighted by Gasteiger charge is 2.22. The van der Waals surface area contributed by atoms with Crippen LogP contribution in [0.3, 0.4) is 0 Å². The smallest absolute Gasteiger partial charge is 0.334 e. The summed E-state index contributed by atoms with van der Waals surface area (Å²) in [5.41, 5.74) is 2.42. The maximum Gasteiger partial charge on any atom is 0.334 e. The first kappa shape index (κ1) is 17.2. The number of rotatable bonds is 5. The predicted octanol–water partition coefficient (Wildman–Crippen LogP) is 4.41. The summed E-state index contributed by atoms with van der Waals surface area (Å²) in [7, 11) is 0. The van der Waals surface area contributed by atoms with E-state index in [9.17, 15) is 9.59 Å². The molecule has 1 rings (SSSR count). The molecule has 0 aliphatic rings. The monoisotopic (exact) mass is 288 g/mol. The van der Waals surface area contributed by atoms with Gasteiger partial charge in [-0.25, -0.2) is 4.79 Å². The van der Waals surface area contributed by atoms with Crippen molar-refractivity contribution in [3.8, 4) is 0 Å². The van der Waals surface area contributed by atoms with E-state index in [1.165, 1.54) is 0 Å². The Morgan fingerprint density at radius 3 is 2.24 bits per heavy atom. The minimum atomic E-state index is -0.527. The van der Waals surface area contributed by atoms with Crippen LogP contribution in [0.25, 0.3) is 5.57 Å². The number of allylic oxidation sites excluding steroid dienone is 1. The van der Waals surface area contributed by atoms with Crippen molar-refractivity contribution >= 4 is 17.8 Å². The summed E-state index contributed by atoms with van der Waals surface area (Å²) in [5, 5.41) is 0. The Hall–Kier alpha value is -1.90. The van der Waals surface area contributed by atoms with Gasteiger partial charge in [0.2, 0.25) is 0 Å². The lowest BCUT2D eigenvalue weighted by Gasteiger charge is -2.22. The quantitative estimate of drug-likeness (QED) is 0.458. The second kappa shape index (κ2) is 7.21. The molecule has 0 aromatic heterocycles. The molecule has 0 aliphatic carbocycles. The first-order chi connectivity index (χ1) is 9.84. The van der Waals surface area contributed by atoms with Gasteiger partial charge in [0.05, 0.1) is 0 Å². The fourth-order valence-electron chi connectivity index (χ4n) is 2.26. The van der Waals surface area contributed by atoms with E-state index in [1.54, 1.807) is 6.07 Å². The molecular weight excluding hydrogens is 264 g/mol. The fraction of sp³-hybridized carbons (Fsp3) is 0.444. The van der Waals surface area contributed by atoms with E-state index in [4.69, 9.17) is 4.74 Å². The lowest BCUT2D eigenvalue weighted by atomic mass is 9.92. The first-order valence-corrected chi connectivity index (χ1v) is 7.34. The summed E-state index contributed by atoms with van der Waals surface area (Å²) in [6, 6.07) is 7.34. The summed E-state index contributed by atoms with van der Waals surface area (Å²) in [6.45, 7) is 9.46. The van der Waals surface area contributed by atoms with Crippen molar-refractivity contribution in [2.24, 2.45) is 0 Å². The minimum absolute atomic E-state index is 0.303. The van der Waals surface area contributed by atoms with E-state index in [2.05, 4.69) is 0 Å². The highest BCUT2D eigenvalue weighted by atomic mass is 16.6. The van der Waals surface area contributed by atoms with Gasteiger partial charge in [-0.2, -0.15) is 0 Å². The van der Waals surface area contributed by atoms with Gasteiger partial charge in [-0.1, -0.05) is 38.1 Å². The van der Waals surface area contributed by atoms with Gasteiger partial charge >= 0.3 is 5.97 Å². The average molecular weight is 288 g/mol. The number of carbonyl (C=O) groups excluding carboxylic acids is 2. The zero-order valence-corrected chi connectivity index (χ0v) is 13.5. The van der Waals surface area contributed by atoms with Crippen LogP contribution >= 0.6 is 0 Å². The zero-order valence-electron chi connectivity index (χ0n) is 13.5. The SMILES string of the molecule is CCC(C(=O)OC(C)(C)C)=C(CC)c1ccccc1C=O. The first-order valence-electron chi connectivity index (χ1n) is 7.34. The molecule has 21 heavy (non-hydrogen) atoms. The van der Waals surface area contributed by atoms with Crippen LogP contribution in [0.2, 0.25) is 0 Å². The molecule has 3 nitrogen and oxygen atoms in total. The maximum atomic E-state index is 12.4. The van der Waals surface area contributed by atoms with Gasteiger partial charge in [-0.15, -0.1) is 0 Å². The normalized spacial score (nSPS) is 12.6. The van der Waals surface area contributed by atoms with Crippen LogP contribution in [0, 0.1) is 0 Å². The molecule has 0 N–H and O–H groups in total. The van der Waals surface area contributed by atoms with Crippen LogP contribution in [0.1, 0.15) is 63.4 Å². The molecule has 0 saturated heterocycles. The number of hydrogen-bond donors (Lipinski definition) is 0. The zero-order chi connectivity index (χ0) is 16.0. The topological polar surface area (TPSA) is 43.4 Å². The third-order valence-electron chi connectivity index (χ3n) is 3.13. The molecule has 0 amide bonds. The molecule has 0 bridgehead atoms. The Balaban J connectivity index is 3.36. The minimum Gasteiger partial charge on any atom is -0.457 e. The van der Waals surface area contributed by atoms with Crippen LogP contribution in [0.15, 0.2) is 29.8 Å². The molecule has 0 atom stereocenters. The van der Waals surface area contributed by atoms with Crippen molar-refractivity contribution in [2.45, 2.75) is 53.1 Å². The van der Waals surface area contributed by atoms with E-state index in [0.717, 1.165) is 17.4 Å². The highest BCUT2D eigenvalue weighted by Crippen LogP contribution is 2.28. The number of aldehydes is 1. The number of benzene rings is 1. The van der Waals surface area contributed by atoms with Crippen molar-refractivity contribution in [1.82, 2.24) is 0 Å². The largest absolute Gasteiger partial charge is 0.457 e. The Labute approximate surface area is 127 Å². The Bertz CT molecular complexity index is 548. The van der Waals surface area contributed by atoms with E-state index in [-0.39, 0.29) is 5.97 Å². The summed E-state index contributed by atoms with van der Waals surface area (Å²) in [4.78, 5) is 23.6. The summed E-state index contributed by atoms with van der Waals surface area (Å²) in [5.74, 6) is -0.303. The number of esters is 1. The third-order valence-corrected chi connectivity index (χ3v) is 3.13. The van der Waals surface area contributed by atoms with Gasteiger partial charge < -0.3 is 4.74 Å². The van der Waals surface area contributed by atoms with Gasteiger partial charge in [-0.05, 0) is 44.7 Å². The standard InChI is InChI=1S/C18H24O3/c1-6-14(16-11-9-8-10-13(16)12-19)15(7-2)17(20)21-18(3,4)5/h8-12H,6-7H2,1-5H3. The molecule has 0 aliphatic heterocycles. The van der Waals surface area contributed by atoms with Crippen LogP contribution in [0.4, 0.5) is 0 Å². The molecular formula is C18H24O3. The molecule has 0 heterocycles. The molecule has 0 radical (unpaired) electrons. The van der Waals surface area contributed by atoms with Crippen molar-refractivity contribution < 1.29 is 14.3 Å². The molecule has 1 aromatic rings. The van der Waals surface area contributed by atoms with Crippen LogP contribution in [-0.2, 0) is 9.53 Å². The molecule has 0 saturated carbocycles.